The van der Waals surface area contributed by atoms with Crippen molar-refractivity contribution in [2.24, 2.45) is 0 Å². The average molecular weight is 259 g/mol. The summed E-state index contributed by atoms with van der Waals surface area (Å²) in [5, 5.41) is 2.74. The van der Waals surface area contributed by atoms with Gasteiger partial charge in [0.25, 0.3) is 5.91 Å². The first-order chi connectivity index (χ1) is 9.10. The number of aryl methyl sites for hydroxylation is 1. The SMILES string of the molecule is COc1cc(C)ccc1NC(=O)c1ccc(F)cc1. The second-order valence-corrected chi connectivity index (χ2v) is 4.16. The number of hydrogen-bond acceptors (Lipinski definition) is 2. The van der Waals surface area contributed by atoms with Crippen LogP contribution in [0, 0.1) is 12.7 Å². The first-order valence-corrected chi connectivity index (χ1v) is 5.81. The zero-order valence-corrected chi connectivity index (χ0v) is 10.7. The van der Waals surface area contributed by atoms with Crippen LogP contribution >= 0.6 is 0 Å². The van der Waals surface area contributed by atoms with Gasteiger partial charge in [-0.05, 0) is 48.9 Å². The molecule has 19 heavy (non-hydrogen) atoms. The lowest BCUT2D eigenvalue weighted by Gasteiger charge is -2.10. The van der Waals surface area contributed by atoms with E-state index in [9.17, 15) is 9.18 Å². The number of ether oxygens (including phenoxy) is 1. The number of anilines is 1. The number of benzene rings is 2. The molecule has 2 aromatic carbocycles. The van der Waals surface area contributed by atoms with Crippen LogP contribution in [0.15, 0.2) is 42.5 Å². The van der Waals surface area contributed by atoms with Gasteiger partial charge in [-0.25, -0.2) is 4.39 Å². The number of halogens is 1. The Bertz CT molecular complexity index is 594. The van der Waals surface area contributed by atoms with Crippen molar-refractivity contribution in [3.63, 3.8) is 0 Å². The first kappa shape index (κ1) is 13.1. The smallest absolute Gasteiger partial charge is 0.255 e. The molecule has 2 aromatic rings. The van der Waals surface area contributed by atoms with Crippen LogP contribution in [-0.2, 0) is 0 Å². The monoisotopic (exact) mass is 259 g/mol. The summed E-state index contributed by atoms with van der Waals surface area (Å²) in [6.45, 7) is 1.94. The van der Waals surface area contributed by atoms with Gasteiger partial charge in [0.05, 0.1) is 12.8 Å². The van der Waals surface area contributed by atoms with E-state index in [0.29, 0.717) is 17.0 Å². The Hall–Kier alpha value is -2.36. The van der Waals surface area contributed by atoms with E-state index < -0.39 is 0 Å². The van der Waals surface area contributed by atoms with Crippen LogP contribution < -0.4 is 10.1 Å². The second kappa shape index (κ2) is 5.52. The fourth-order valence-electron chi connectivity index (χ4n) is 1.70. The minimum atomic E-state index is -0.371. The van der Waals surface area contributed by atoms with Crippen molar-refractivity contribution in [1.82, 2.24) is 0 Å². The third kappa shape index (κ3) is 3.10. The summed E-state index contributed by atoms with van der Waals surface area (Å²) in [4.78, 5) is 12.0. The van der Waals surface area contributed by atoms with Crippen molar-refractivity contribution in [3.05, 3.63) is 59.4 Å². The van der Waals surface area contributed by atoms with Crippen LogP contribution in [0.25, 0.3) is 0 Å². The predicted molar refractivity (Wildman–Crippen MR) is 72.1 cm³/mol. The summed E-state index contributed by atoms with van der Waals surface area (Å²) in [5.41, 5.74) is 2.02. The highest BCUT2D eigenvalue weighted by Crippen LogP contribution is 2.25. The van der Waals surface area contributed by atoms with Gasteiger partial charge in [0.2, 0.25) is 0 Å². The predicted octanol–water partition coefficient (Wildman–Crippen LogP) is 3.40. The molecule has 98 valence electrons. The molecular weight excluding hydrogens is 245 g/mol. The Morgan fingerprint density at radius 2 is 1.84 bits per heavy atom. The number of hydrogen-bond donors (Lipinski definition) is 1. The van der Waals surface area contributed by atoms with E-state index in [0.717, 1.165) is 5.56 Å². The van der Waals surface area contributed by atoms with Gasteiger partial charge in [-0.15, -0.1) is 0 Å². The summed E-state index contributed by atoms with van der Waals surface area (Å²) in [5.74, 6) is -0.0814. The first-order valence-electron chi connectivity index (χ1n) is 5.81. The molecule has 1 amide bonds. The Morgan fingerprint density at radius 3 is 2.47 bits per heavy atom. The molecule has 0 aromatic heterocycles. The third-order valence-electron chi connectivity index (χ3n) is 2.71. The topological polar surface area (TPSA) is 38.3 Å². The zero-order chi connectivity index (χ0) is 13.8. The van der Waals surface area contributed by atoms with Crippen molar-refractivity contribution in [2.45, 2.75) is 6.92 Å². The van der Waals surface area contributed by atoms with Gasteiger partial charge in [0, 0.05) is 5.56 Å². The van der Waals surface area contributed by atoms with Crippen LogP contribution in [0.3, 0.4) is 0 Å². The molecular formula is C15H14FNO2. The van der Waals surface area contributed by atoms with Gasteiger partial charge in [0.15, 0.2) is 0 Å². The van der Waals surface area contributed by atoms with Crippen LogP contribution in [0.1, 0.15) is 15.9 Å². The van der Waals surface area contributed by atoms with Crippen molar-refractivity contribution in [2.75, 3.05) is 12.4 Å². The molecule has 0 unspecified atom stereocenters. The lowest BCUT2D eigenvalue weighted by molar-refractivity contribution is 0.102. The Kier molecular flexibility index (Phi) is 3.80. The van der Waals surface area contributed by atoms with Crippen LogP contribution in [-0.4, -0.2) is 13.0 Å². The molecule has 2 rings (SSSR count). The summed E-state index contributed by atoms with van der Waals surface area (Å²) in [7, 11) is 1.54. The lowest BCUT2D eigenvalue weighted by Crippen LogP contribution is -2.12. The largest absolute Gasteiger partial charge is 0.495 e. The van der Waals surface area contributed by atoms with Gasteiger partial charge >= 0.3 is 0 Å². The van der Waals surface area contributed by atoms with E-state index in [1.807, 2.05) is 19.1 Å². The Morgan fingerprint density at radius 1 is 1.16 bits per heavy atom. The Labute approximate surface area is 111 Å². The van der Waals surface area contributed by atoms with Gasteiger partial charge in [0.1, 0.15) is 11.6 Å². The van der Waals surface area contributed by atoms with E-state index in [2.05, 4.69) is 5.32 Å². The maximum Gasteiger partial charge on any atom is 0.255 e. The molecule has 0 aliphatic rings. The molecule has 3 nitrogen and oxygen atoms in total. The summed E-state index contributed by atoms with van der Waals surface area (Å²) in [6, 6.07) is 10.9. The average Bonchev–Trinajstić information content (AvgIpc) is 2.41. The standard InChI is InChI=1S/C15H14FNO2/c1-10-3-8-13(14(9-10)19-2)17-15(18)11-4-6-12(16)7-5-11/h3-9H,1-2H3,(H,17,18). The molecule has 0 heterocycles. The van der Waals surface area contributed by atoms with Crippen LogP contribution in [0.2, 0.25) is 0 Å². The number of amides is 1. The molecule has 0 saturated carbocycles. The molecule has 0 bridgehead atoms. The third-order valence-corrected chi connectivity index (χ3v) is 2.71. The number of rotatable bonds is 3. The van der Waals surface area contributed by atoms with Gasteiger partial charge < -0.3 is 10.1 Å². The molecule has 1 N–H and O–H groups in total. The number of carbonyl (C=O) groups is 1. The number of carbonyl (C=O) groups excluding carboxylic acids is 1. The normalized spacial score (nSPS) is 10.1. The van der Waals surface area contributed by atoms with Crippen molar-refractivity contribution in [3.8, 4) is 5.75 Å². The van der Waals surface area contributed by atoms with Gasteiger partial charge in [-0.3, -0.25) is 4.79 Å². The summed E-state index contributed by atoms with van der Waals surface area (Å²) >= 11 is 0. The highest BCUT2D eigenvalue weighted by Gasteiger charge is 2.09. The second-order valence-electron chi connectivity index (χ2n) is 4.16. The minimum Gasteiger partial charge on any atom is -0.495 e. The molecule has 4 heteroatoms. The van der Waals surface area contributed by atoms with Crippen LogP contribution in [0.5, 0.6) is 5.75 Å². The lowest BCUT2D eigenvalue weighted by atomic mass is 10.1. The summed E-state index contributed by atoms with van der Waals surface area (Å²) < 4.78 is 18.0. The van der Waals surface area contributed by atoms with E-state index in [1.54, 1.807) is 13.2 Å². The van der Waals surface area contributed by atoms with Gasteiger partial charge in [-0.1, -0.05) is 6.07 Å². The van der Waals surface area contributed by atoms with E-state index >= 15 is 0 Å². The highest BCUT2D eigenvalue weighted by atomic mass is 19.1. The maximum atomic E-state index is 12.8. The minimum absolute atomic E-state index is 0.304. The zero-order valence-electron chi connectivity index (χ0n) is 10.7. The maximum absolute atomic E-state index is 12.8. The van der Waals surface area contributed by atoms with E-state index in [1.165, 1.54) is 24.3 Å². The fourth-order valence-corrected chi connectivity index (χ4v) is 1.70. The quantitative estimate of drug-likeness (QED) is 0.917. The summed E-state index contributed by atoms with van der Waals surface area (Å²) in [6.07, 6.45) is 0. The number of methoxy groups -OCH3 is 1. The van der Waals surface area contributed by atoms with Crippen molar-refractivity contribution < 1.29 is 13.9 Å². The highest BCUT2D eigenvalue weighted by molar-refractivity contribution is 6.05. The molecule has 0 atom stereocenters. The fraction of sp³-hybridized carbons (Fsp3) is 0.133. The van der Waals surface area contributed by atoms with Crippen LogP contribution in [0.4, 0.5) is 10.1 Å². The molecule has 0 radical (unpaired) electrons. The molecule has 0 aliphatic carbocycles. The molecule has 0 spiro atoms. The van der Waals surface area contributed by atoms with Crippen molar-refractivity contribution >= 4 is 11.6 Å². The Balaban J connectivity index is 2.21. The van der Waals surface area contributed by atoms with Gasteiger partial charge in [-0.2, -0.15) is 0 Å². The van der Waals surface area contributed by atoms with Crippen molar-refractivity contribution in [1.29, 1.82) is 0 Å². The molecule has 0 fully saturated rings. The number of nitrogens with one attached hydrogen (secondary N) is 1. The van der Waals surface area contributed by atoms with E-state index in [-0.39, 0.29) is 11.7 Å². The molecule has 0 aliphatic heterocycles. The van der Waals surface area contributed by atoms with E-state index in [4.69, 9.17) is 4.74 Å². The molecule has 0 saturated heterocycles.